The Morgan fingerprint density at radius 2 is 2.20 bits per heavy atom. The molecule has 3 unspecified atom stereocenters. The molecule has 0 amide bonds. The molecule has 0 radical (unpaired) electrons. The van der Waals surface area contributed by atoms with Crippen molar-refractivity contribution in [2.75, 3.05) is 6.61 Å². The van der Waals surface area contributed by atoms with Crippen LogP contribution in [0.4, 0.5) is 5.69 Å². The first-order valence-electron chi connectivity index (χ1n) is 7.18. The average Bonchev–Trinajstić information content (AvgIpc) is 3.07. The predicted octanol–water partition coefficient (Wildman–Crippen LogP) is 2.90. The molecule has 5 nitrogen and oxygen atoms in total. The van der Waals surface area contributed by atoms with E-state index in [1.807, 2.05) is 0 Å². The molecule has 1 N–H and O–H groups in total. The number of hydrogen-bond acceptors (Lipinski definition) is 4. The first kappa shape index (κ1) is 13.4. The summed E-state index contributed by atoms with van der Waals surface area (Å²) in [4.78, 5) is 10.6. The Balaban J connectivity index is 1.71. The molecule has 0 spiro atoms. The molecule has 2 aliphatic carbocycles. The molecule has 5 heteroatoms. The highest BCUT2D eigenvalue weighted by Crippen LogP contribution is 2.48. The Hall–Kier alpha value is -1.62. The molecular formula is C15H19NO4. The van der Waals surface area contributed by atoms with E-state index in [1.165, 1.54) is 31.7 Å². The van der Waals surface area contributed by atoms with Gasteiger partial charge in [-0.3, -0.25) is 10.1 Å². The van der Waals surface area contributed by atoms with E-state index in [1.54, 1.807) is 12.1 Å². The van der Waals surface area contributed by atoms with Crippen molar-refractivity contribution in [3.05, 3.63) is 33.9 Å². The number of hydrogen-bond donors (Lipinski definition) is 1. The molecule has 1 aromatic carbocycles. The van der Waals surface area contributed by atoms with Crippen molar-refractivity contribution in [1.82, 2.24) is 0 Å². The van der Waals surface area contributed by atoms with Crippen LogP contribution >= 0.6 is 0 Å². The van der Waals surface area contributed by atoms with E-state index in [9.17, 15) is 10.1 Å². The zero-order valence-corrected chi connectivity index (χ0v) is 11.3. The third-order valence-corrected chi connectivity index (χ3v) is 4.74. The van der Waals surface area contributed by atoms with Crippen molar-refractivity contribution < 1.29 is 14.8 Å². The highest BCUT2D eigenvalue weighted by atomic mass is 16.6. The van der Waals surface area contributed by atoms with Crippen molar-refractivity contribution in [3.8, 4) is 5.75 Å². The number of ether oxygens (including phenoxy) is 1. The number of fused-ring (bicyclic) bond motifs is 2. The number of aliphatic hydroxyl groups is 1. The minimum Gasteiger partial charge on any atom is -0.487 e. The Morgan fingerprint density at radius 3 is 2.80 bits per heavy atom. The van der Waals surface area contributed by atoms with E-state index in [-0.39, 0.29) is 18.0 Å². The fourth-order valence-electron chi connectivity index (χ4n) is 3.70. The number of nitrogens with zero attached hydrogens (tertiary/aromatic N) is 1. The lowest BCUT2D eigenvalue weighted by Crippen LogP contribution is -2.18. The second-order valence-corrected chi connectivity index (χ2v) is 5.96. The van der Waals surface area contributed by atoms with E-state index < -0.39 is 4.92 Å². The van der Waals surface area contributed by atoms with Crippen LogP contribution in [0.25, 0.3) is 0 Å². The van der Waals surface area contributed by atoms with Gasteiger partial charge < -0.3 is 9.84 Å². The molecule has 0 heterocycles. The summed E-state index contributed by atoms with van der Waals surface area (Å²) in [6.07, 6.45) is 5.10. The van der Waals surface area contributed by atoms with Crippen LogP contribution in [0.3, 0.4) is 0 Å². The summed E-state index contributed by atoms with van der Waals surface area (Å²) in [6.45, 7) is 0.416. The average molecular weight is 277 g/mol. The highest BCUT2D eigenvalue weighted by molar-refractivity contribution is 5.48. The van der Waals surface area contributed by atoms with Crippen LogP contribution in [-0.4, -0.2) is 16.6 Å². The smallest absolute Gasteiger partial charge is 0.310 e. The van der Waals surface area contributed by atoms with Crippen LogP contribution in [0.15, 0.2) is 18.2 Å². The number of benzene rings is 1. The minimum absolute atomic E-state index is 0.0228. The monoisotopic (exact) mass is 277 g/mol. The summed E-state index contributed by atoms with van der Waals surface area (Å²) in [5, 5.41) is 20.1. The molecule has 0 saturated heterocycles. The molecule has 0 aliphatic heterocycles. The summed E-state index contributed by atoms with van der Waals surface area (Å²) in [7, 11) is 0. The van der Waals surface area contributed by atoms with Crippen molar-refractivity contribution >= 4 is 5.69 Å². The van der Waals surface area contributed by atoms with Gasteiger partial charge in [0.15, 0.2) is 5.75 Å². The number of nitro groups is 1. The molecule has 1 aromatic rings. The molecule has 2 fully saturated rings. The maximum absolute atomic E-state index is 11.0. The zero-order valence-electron chi connectivity index (χ0n) is 11.3. The van der Waals surface area contributed by atoms with Crippen molar-refractivity contribution in [3.63, 3.8) is 0 Å². The lowest BCUT2D eigenvalue weighted by Gasteiger charge is -2.21. The minimum atomic E-state index is -0.433. The Labute approximate surface area is 117 Å². The van der Waals surface area contributed by atoms with Gasteiger partial charge in [0.1, 0.15) is 0 Å². The molecule has 108 valence electrons. The molecule has 2 aliphatic rings. The zero-order chi connectivity index (χ0) is 14.1. The van der Waals surface area contributed by atoms with Crippen LogP contribution in [0.2, 0.25) is 0 Å². The van der Waals surface area contributed by atoms with Crippen LogP contribution in [0, 0.1) is 27.9 Å². The highest BCUT2D eigenvalue weighted by Gasteiger charge is 2.39. The van der Waals surface area contributed by atoms with Gasteiger partial charge in [-0.05, 0) is 54.7 Å². The predicted molar refractivity (Wildman–Crippen MR) is 73.5 cm³/mol. The lowest BCUT2D eigenvalue weighted by molar-refractivity contribution is -0.385. The number of aliphatic hydroxyl groups excluding tert-OH is 1. The van der Waals surface area contributed by atoms with Crippen LogP contribution in [0.5, 0.6) is 5.75 Å². The second-order valence-electron chi connectivity index (χ2n) is 5.96. The second kappa shape index (κ2) is 5.40. The molecule has 2 saturated carbocycles. The SMILES string of the molecule is O=[N+]([O-])c1ccc(CO)cc1OCC1CC2CCC1C2. The van der Waals surface area contributed by atoms with Gasteiger partial charge in [-0.1, -0.05) is 6.42 Å². The largest absolute Gasteiger partial charge is 0.487 e. The molecule has 0 aromatic heterocycles. The van der Waals surface area contributed by atoms with Crippen LogP contribution in [-0.2, 0) is 6.61 Å². The fourth-order valence-corrected chi connectivity index (χ4v) is 3.70. The summed E-state index contributed by atoms with van der Waals surface area (Å²) in [6, 6.07) is 4.54. The van der Waals surface area contributed by atoms with Gasteiger partial charge in [0.25, 0.3) is 0 Å². The Bertz CT molecular complexity index is 517. The van der Waals surface area contributed by atoms with Gasteiger partial charge >= 0.3 is 5.69 Å². The molecule has 20 heavy (non-hydrogen) atoms. The topological polar surface area (TPSA) is 72.6 Å². The lowest BCUT2D eigenvalue weighted by atomic mass is 9.89. The van der Waals surface area contributed by atoms with Gasteiger partial charge in [0.2, 0.25) is 0 Å². The van der Waals surface area contributed by atoms with Gasteiger partial charge in [-0.25, -0.2) is 0 Å². The molecule has 2 bridgehead atoms. The van der Waals surface area contributed by atoms with Crippen molar-refractivity contribution in [2.45, 2.75) is 32.3 Å². The summed E-state index contributed by atoms with van der Waals surface area (Å²) < 4.78 is 5.72. The fraction of sp³-hybridized carbons (Fsp3) is 0.600. The third-order valence-electron chi connectivity index (χ3n) is 4.74. The van der Waals surface area contributed by atoms with Crippen molar-refractivity contribution in [1.29, 1.82) is 0 Å². The van der Waals surface area contributed by atoms with E-state index in [2.05, 4.69) is 0 Å². The third kappa shape index (κ3) is 2.50. The number of nitro benzene ring substituents is 1. The first-order chi connectivity index (χ1) is 9.67. The van der Waals surface area contributed by atoms with E-state index in [0.29, 0.717) is 18.1 Å². The van der Waals surface area contributed by atoms with Gasteiger partial charge in [0, 0.05) is 6.07 Å². The van der Waals surface area contributed by atoms with Crippen molar-refractivity contribution in [2.24, 2.45) is 17.8 Å². The van der Waals surface area contributed by atoms with E-state index >= 15 is 0 Å². The Kier molecular flexibility index (Phi) is 3.61. The summed E-state index contributed by atoms with van der Waals surface area (Å²) in [5.74, 6) is 2.39. The van der Waals surface area contributed by atoms with Gasteiger partial charge in [-0.15, -0.1) is 0 Å². The molecular weight excluding hydrogens is 258 g/mol. The van der Waals surface area contributed by atoms with E-state index in [4.69, 9.17) is 9.84 Å². The molecule has 3 rings (SSSR count). The van der Waals surface area contributed by atoms with Gasteiger partial charge in [0.05, 0.1) is 18.1 Å². The van der Waals surface area contributed by atoms with Gasteiger partial charge in [-0.2, -0.15) is 0 Å². The first-order valence-corrected chi connectivity index (χ1v) is 7.18. The summed E-state index contributed by atoms with van der Waals surface area (Å²) >= 11 is 0. The van der Waals surface area contributed by atoms with Crippen LogP contribution in [0.1, 0.15) is 31.2 Å². The summed E-state index contributed by atoms with van der Waals surface area (Å²) in [5.41, 5.74) is 0.615. The molecule has 3 atom stereocenters. The van der Waals surface area contributed by atoms with Crippen LogP contribution < -0.4 is 4.74 Å². The maximum Gasteiger partial charge on any atom is 0.310 e. The number of rotatable bonds is 5. The standard InChI is InChI=1S/C15H19NO4/c17-8-11-2-4-14(16(18)19)15(7-11)20-9-13-6-10-1-3-12(13)5-10/h2,4,7,10,12-13,17H,1,3,5-6,8-9H2. The normalized spacial score (nSPS) is 27.8. The Morgan fingerprint density at radius 1 is 1.35 bits per heavy atom. The van der Waals surface area contributed by atoms with E-state index in [0.717, 1.165) is 11.8 Å². The maximum atomic E-state index is 11.0. The quantitative estimate of drug-likeness (QED) is 0.663.